The Kier molecular flexibility index (Phi) is 3.74. The Morgan fingerprint density at radius 3 is 2.88 bits per heavy atom. The van der Waals surface area contributed by atoms with Crippen LogP contribution in [0.2, 0.25) is 0 Å². The Balaban J connectivity index is 2.21. The fourth-order valence-corrected chi connectivity index (χ4v) is 2.67. The topological polar surface area (TPSA) is 53.4 Å². The Morgan fingerprint density at radius 2 is 2.29 bits per heavy atom. The van der Waals surface area contributed by atoms with Gasteiger partial charge < -0.3 is 5.11 Å². The molecule has 0 bridgehead atoms. The normalized spacial score (nSPS) is 22.5. The molecule has 1 aromatic heterocycles. The van der Waals surface area contributed by atoms with Crippen LogP contribution in [0.5, 0.6) is 0 Å². The number of nitrogens with zero attached hydrogens (tertiary/aromatic N) is 2. The Morgan fingerprint density at radius 1 is 1.59 bits per heavy atom. The van der Waals surface area contributed by atoms with Gasteiger partial charge in [0.1, 0.15) is 6.04 Å². The van der Waals surface area contributed by atoms with Gasteiger partial charge in [0.2, 0.25) is 0 Å². The summed E-state index contributed by atoms with van der Waals surface area (Å²) in [4.78, 5) is 17.3. The third-order valence-corrected chi connectivity index (χ3v) is 3.46. The second-order valence-corrected chi connectivity index (χ2v) is 4.44. The van der Waals surface area contributed by atoms with Crippen LogP contribution >= 0.6 is 0 Å². The first-order valence-electron chi connectivity index (χ1n) is 6.12. The maximum absolute atomic E-state index is 11.2. The number of aliphatic carboxylic acids is 1. The van der Waals surface area contributed by atoms with Gasteiger partial charge in [0.05, 0.1) is 0 Å². The summed E-state index contributed by atoms with van der Waals surface area (Å²) in [6, 6.07) is 3.83. The van der Waals surface area contributed by atoms with E-state index >= 15 is 0 Å². The lowest BCUT2D eigenvalue weighted by atomic mass is 10.0. The monoisotopic (exact) mass is 234 g/mol. The highest BCUT2D eigenvalue weighted by molar-refractivity contribution is 5.73. The van der Waals surface area contributed by atoms with Gasteiger partial charge in [-0.3, -0.25) is 14.7 Å². The van der Waals surface area contributed by atoms with Gasteiger partial charge in [0, 0.05) is 18.4 Å². The quantitative estimate of drug-likeness (QED) is 0.866. The summed E-state index contributed by atoms with van der Waals surface area (Å²) in [5, 5.41) is 9.22. The maximum atomic E-state index is 11.2. The van der Waals surface area contributed by atoms with Crippen molar-refractivity contribution in [2.24, 2.45) is 0 Å². The minimum Gasteiger partial charge on any atom is -0.480 e. The molecule has 2 rings (SSSR count). The summed E-state index contributed by atoms with van der Waals surface area (Å²) >= 11 is 0. The van der Waals surface area contributed by atoms with Crippen LogP contribution in [-0.2, 0) is 4.79 Å². The molecule has 1 aliphatic rings. The molecule has 1 aliphatic heterocycles. The van der Waals surface area contributed by atoms with Gasteiger partial charge in [-0.15, -0.1) is 0 Å². The van der Waals surface area contributed by atoms with Crippen molar-refractivity contribution in [1.82, 2.24) is 9.88 Å². The van der Waals surface area contributed by atoms with Crippen molar-refractivity contribution in [1.29, 1.82) is 0 Å². The predicted molar refractivity (Wildman–Crippen MR) is 64.6 cm³/mol. The van der Waals surface area contributed by atoms with Crippen molar-refractivity contribution in [3.05, 3.63) is 30.1 Å². The molecule has 4 nitrogen and oxygen atoms in total. The van der Waals surface area contributed by atoms with Gasteiger partial charge in [-0.2, -0.15) is 0 Å². The number of rotatable bonds is 4. The van der Waals surface area contributed by atoms with Crippen molar-refractivity contribution in [2.45, 2.75) is 38.3 Å². The molecule has 0 aromatic carbocycles. The molecular formula is C13H18N2O2. The molecule has 1 saturated heterocycles. The van der Waals surface area contributed by atoms with Crippen molar-refractivity contribution in [3.63, 3.8) is 0 Å². The highest BCUT2D eigenvalue weighted by Crippen LogP contribution is 2.31. The zero-order chi connectivity index (χ0) is 12.3. The van der Waals surface area contributed by atoms with E-state index in [0.717, 1.165) is 31.4 Å². The number of hydrogen-bond acceptors (Lipinski definition) is 3. The standard InChI is InChI=1S/C13H18N2O2/c1-2-11(10-5-7-14-8-6-10)15-9-3-4-12(15)13(16)17/h5-8,11-12H,2-4,9H2,1H3,(H,16,17). The van der Waals surface area contributed by atoms with E-state index in [9.17, 15) is 9.90 Å². The first kappa shape index (κ1) is 12.0. The van der Waals surface area contributed by atoms with Crippen LogP contribution < -0.4 is 0 Å². The van der Waals surface area contributed by atoms with E-state index in [4.69, 9.17) is 0 Å². The van der Waals surface area contributed by atoms with Gasteiger partial charge in [-0.1, -0.05) is 6.92 Å². The average molecular weight is 234 g/mol. The van der Waals surface area contributed by atoms with Crippen molar-refractivity contribution in [3.8, 4) is 0 Å². The molecule has 0 saturated carbocycles. The van der Waals surface area contributed by atoms with Crippen LogP contribution in [0, 0.1) is 0 Å². The summed E-state index contributed by atoms with van der Waals surface area (Å²) in [5.74, 6) is -0.699. The minimum atomic E-state index is -0.699. The molecule has 1 fully saturated rings. The van der Waals surface area contributed by atoms with E-state index in [1.54, 1.807) is 12.4 Å². The van der Waals surface area contributed by atoms with Gasteiger partial charge in [-0.25, -0.2) is 0 Å². The molecule has 17 heavy (non-hydrogen) atoms. The van der Waals surface area contributed by atoms with E-state index in [1.807, 2.05) is 12.1 Å². The van der Waals surface area contributed by atoms with Crippen LogP contribution in [0.1, 0.15) is 37.8 Å². The number of pyridine rings is 1. The largest absolute Gasteiger partial charge is 0.480 e. The van der Waals surface area contributed by atoms with Gasteiger partial charge in [0.25, 0.3) is 0 Å². The number of hydrogen-bond donors (Lipinski definition) is 1. The van der Waals surface area contributed by atoms with Gasteiger partial charge >= 0.3 is 5.97 Å². The van der Waals surface area contributed by atoms with E-state index in [-0.39, 0.29) is 12.1 Å². The number of carboxylic acid groups (broad SMARTS) is 1. The van der Waals surface area contributed by atoms with Gasteiger partial charge in [0.15, 0.2) is 0 Å². The van der Waals surface area contributed by atoms with E-state index in [2.05, 4.69) is 16.8 Å². The average Bonchev–Trinajstić information content (AvgIpc) is 2.81. The Labute approximate surface area is 101 Å². The molecule has 4 heteroatoms. The first-order valence-corrected chi connectivity index (χ1v) is 6.12. The molecular weight excluding hydrogens is 216 g/mol. The number of carbonyl (C=O) groups is 1. The van der Waals surface area contributed by atoms with Crippen molar-refractivity contribution in [2.75, 3.05) is 6.54 Å². The SMILES string of the molecule is CCC(c1ccncc1)N1CCCC1C(=O)O. The molecule has 1 N–H and O–H groups in total. The van der Waals surface area contributed by atoms with E-state index < -0.39 is 5.97 Å². The summed E-state index contributed by atoms with van der Waals surface area (Å²) in [5.41, 5.74) is 1.16. The number of likely N-dealkylation sites (tertiary alicyclic amines) is 1. The zero-order valence-electron chi connectivity index (χ0n) is 10.0. The Hall–Kier alpha value is -1.42. The highest BCUT2D eigenvalue weighted by Gasteiger charge is 2.35. The Bertz CT molecular complexity index is 380. The summed E-state index contributed by atoms with van der Waals surface area (Å²) in [6.07, 6.45) is 6.19. The fraction of sp³-hybridized carbons (Fsp3) is 0.538. The zero-order valence-corrected chi connectivity index (χ0v) is 10.0. The minimum absolute atomic E-state index is 0.196. The number of aromatic nitrogens is 1. The lowest BCUT2D eigenvalue weighted by Gasteiger charge is -2.30. The van der Waals surface area contributed by atoms with Crippen molar-refractivity contribution >= 4 is 5.97 Å². The molecule has 2 heterocycles. The summed E-state index contributed by atoms with van der Waals surface area (Å²) < 4.78 is 0. The lowest BCUT2D eigenvalue weighted by Crippen LogP contribution is -2.38. The lowest BCUT2D eigenvalue weighted by molar-refractivity contribution is -0.143. The molecule has 92 valence electrons. The molecule has 1 aromatic rings. The fourth-order valence-electron chi connectivity index (χ4n) is 2.67. The van der Waals surface area contributed by atoms with E-state index in [0.29, 0.717) is 0 Å². The molecule has 0 spiro atoms. The maximum Gasteiger partial charge on any atom is 0.320 e. The first-order chi connectivity index (χ1) is 8.24. The third-order valence-electron chi connectivity index (χ3n) is 3.46. The van der Waals surface area contributed by atoms with E-state index in [1.165, 1.54) is 0 Å². The third kappa shape index (κ3) is 2.47. The van der Waals surface area contributed by atoms with Crippen LogP contribution in [0.15, 0.2) is 24.5 Å². The van der Waals surface area contributed by atoms with Gasteiger partial charge in [-0.05, 0) is 43.5 Å². The molecule has 0 radical (unpaired) electrons. The smallest absolute Gasteiger partial charge is 0.320 e. The van der Waals surface area contributed by atoms with Crippen LogP contribution in [0.3, 0.4) is 0 Å². The second-order valence-electron chi connectivity index (χ2n) is 4.44. The number of carboxylic acids is 1. The summed E-state index contributed by atoms with van der Waals surface area (Å²) in [7, 11) is 0. The van der Waals surface area contributed by atoms with Crippen LogP contribution in [0.25, 0.3) is 0 Å². The molecule has 2 unspecified atom stereocenters. The summed E-state index contributed by atoms with van der Waals surface area (Å²) in [6.45, 7) is 2.97. The molecule has 2 atom stereocenters. The molecule has 0 amide bonds. The van der Waals surface area contributed by atoms with Crippen LogP contribution in [0.4, 0.5) is 0 Å². The van der Waals surface area contributed by atoms with Crippen LogP contribution in [-0.4, -0.2) is 33.5 Å². The predicted octanol–water partition coefficient (Wildman–Crippen LogP) is 2.08. The highest BCUT2D eigenvalue weighted by atomic mass is 16.4. The second kappa shape index (κ2) is 5.27. The van der Waals surface area contributed by atoms with Crippen molar-refractivity contribution < 1.29 is 9.90 Å². The molecule has 0 aliphatic carbocycles.